The first-order valence-electron chi connectivity index (χ1n) is 13.3. The molecule has 3 fully saturated rings. The monoisotopic (exact) mass is 569 g/mol. The third-order valence-corrected chi connectivity index (χ3v) is 9.09. The lowest BCUT2D eigenvalue weighted by atomic mass is 9.98. The van der Waals surface area contributed by atoms with E-state index in [4.69, 9.17) is 19.9 Å². The van der Waals surface area contributed by atoms with Crippen molar-refractivity contribution >= 4 is 38.4 Å². The summed E-state index contributed by atoms with van der Waals surface area (Å²) in [6, 6.07) is 6.87. The Bertz CT molecular complexity index is 1500. The van der Waals surface area contributed by atoms with Gasteiger partial charge in [-0.2, -0.15) is 0 Å². The second-order valence-electron chi connectivity index (χ2n) is 10.6. The van der Waals surface area contributed by atoms with Gasteiger partial charge in [-0.1, -0.05) is 17.4 Å². The Morgan fingerprint density at radius 1 is 1.12 bits per heavy atom. The molecule has 2 bridgehead atoms. The van der Waals surface area contributed by atoms with Crippen LogP contribution >= 0.6 is 11.3 Å². The molecular formula is C29H29F2N3O5S. The number of nitrogens with zero attached hydrogens (tertiary/aromatic N) is 2. The van der Waals surface area contributed by atoms with Gasteiger partial charge in [0.15, 0.2) is 5.13 Å². The zero-order chi connectivity index (χ0) is 28.1. The lowest BCUT2D eigenvalue weighted by molar-refractivity contribution is 0.0410. The van der Waals surface area contributed by atoms with Crippen LogP contribution in [0, 0.1) is 23.0 Å². The zero-order valence-corrected chi connectivity index (χ0v) is 22.6. The molecule has 0 spiro atoms. The highest BCUT2D eigenvalue weighted by Gasteiger charge is 2.43. The molecule has 2 aliphatic heterocycles. The molecule has 210 valence electrons. The molecule has 0 radical (unpaired) electrons. The highest BCUT2D eigenvalue weighted by atomic mass is 32.1. The first-order chi connectivity index (χ1) is 19.2. The van der Waals surface area contributed by atoms with Crippen LogP contribution in [0.3, 0.4) is 0 Å². The first-order valence-corrected chi connectivity index (χ1v) is 14.1. The van der Waals surface area contributed by atoms with E-state index in [1.54, 1.807) is 6.07 Å². The summed E-state index contributed by atoms with van der Waals surface area (Å²) in [4.78, 5) is 18.7. The molecule has 3 N–H and O–H groups in total. The number of piperidine rings is 1. The number of aromatic nitrogens is 1. The average Bonchev–Trinajstić information content (AvgIpc) is 3.63. The molecule has 2 saturated heterocycles. The van der Waals surface area contributed by atoms with Gasteiger partial charge in [-0.3, -0.25) is 5.41 Å². The highest BCUT2D eigenvalue weighted by Crippen LogP contribution is 2.45. The Hall–Kier alpha value is -3.57. The summed E-state index contributed by atoms with van der Waals surface area (Å²) in [6.07, 6.45) is 4.68. The van der Waals surface area contributed by atoms with Gasteiger partial charge in [0.1, 0.15) is 28.7 Å². The minimum atomic E-state index is -1.03. The Morgan fingerprint density at radius 2 is 1.80 bits per heavy atom. The Morgan fingerprint density at radius 3 is 2.40 bits per heavy atom. The smallest absolute Gasteiger partial charge is 0.335 e. The molecule has 11 heteroatoms. The van der Waals surface area contributed by atoms with Crippen molar-refractivity contribution in [1.29, 1.82) is 5.41 Å². The third kappa shape index (κ3) is 4.81. The Balaban J connectivity index is 1.20. The number of anilines is 1. The topological polar surface area (TPSA) is 116 Å². The molecule has 3 atom stereocenters. The van der Waals surface area contributed by atoms with Gasteiger partial charge in [-0.05, 0) is 62.8 Å². The van der Waals surface area contributed by atoms with Gasteiger partial charge < -0.3 is 24.6 Å². The fourth-order valence-electron chi connectivity index (χ4n) is 5.92. The summed E-state index contributed by atoms with van der Waals surface area (Å²) >= 11 is 1.44. The number of thiazole rings is 1. The first kappa shape index (κ1) is 26.6. The van der Waals surface area contributed by atoms with Gasteiger partial charge in [0.25, 0.3) is 0 Å². The molecule has 3 aromatic rings. The highest BCUT2D eigenvalue weighted by molar-refractivity contribution is 7.22. The van der Waals surface area contributed by atoms with Crippen LogP contribution < -0.4 is 9.64 Å². The van der Waals surface area contributed by atoms with Crippen LogP contribution in [0.15, 0.2) is 41.7 Å². The molecule has 1 saturated carbocycles. The van der Waals surface area contributed by atoms with E-state index in [9.17, 15) is 23.8 Å². The van der Waals surface area contributed by atoms with E-state index in [2.05, 4.69) is 4.90 Å². The number of carbonyl (C=O) groups is 1. The number of aliphatic hydroxyl groups is 1. The molecule has 2 aromatic carbocycles. The van der Waals surface area contributed by atoms with E-state index in [1.165, 1.54) is 30.6 Å². The summed E-state index contributed by atoms with van der Waals surface area (Å²) in [7, 11) is 1.50. The van der Waals surface area contributed by atoms with E-state index >= 15 is 0 Å². The number of ether oxygens (including phenoxy) is 2. The predicted octanol–water partition coefficient (Wildman–Crippen LogP) is 6.09. The Kier molecular flexibility index (Phi) is 6.95. The minimum absolute atomic E-state index is 0.0165. The Labute approximate surface area is 233 Å². The minimum Gasteiger partial charge on any atom is -0.512 e. The summed E-state index contributed by atoms with van der Waals surface area (Å²) in [5.74, 6) is -2.42. The lowest BCUT2D eigenvalue weighted by Crippen LogP contribution is -2.45. The fraction of sp³-hybridized carbons (Fsp3) is 0.414. The van der Waals surface area contributed by atoms with E-state index in [0.29, 0.717) is 24.1 Å². The molecule has 3 heterocycles. The van der Waals surface area contributed by atoms with Crippen LogP contribution in [0.5, 0.6) is 5.75 Å². The molecule has 2 unspecified atom stereocenters. The average molecular weight is 570 g/mol. The molecule has 3 aliphatic rings. The van der Waals surface area contributed by atoms with Crippen LogP contribution in [0.1, 0.15) is 54.4 Å². The number of aliphatic hydroxyl groups excluding tert-OH is 1. The normalized spacial score (nSPS) is 22.9. The summed E-state index contributed by atoms with van der Waals surface area (Å²) in [5.41, 5.74) is 0.0714. The number of allylic oxidation sites excluding steroid dienone is 1. The number of methoxy groups -OCH3 is 1. The number of aromatic carboxylic acids is 1. The number of hydrogen-bond donors (Lipinski definition) is 3. The number of rotatable bonds is 9. The lowest BCUT2D eigenvalue weighted by Gasteiger charge is -2.38. The number of fused-ring (bicyclic) bond motifs is 3. The van der Waals surface area contributed by atoms with Crippen molar-refractivity contribution < 1.29 is 33.3 Å². The van der Waals surface area contributed by atoms with Gasteiger partial charge in [0.05, 0.1) is 41.4 Å². The van der Waals surface area contributed by atoms with Crippen LogP contribution in [0.2, 0.25) is 0 Å². The van der Waals surface area contributed by atoms with Gasteiger partial charge >= 0.3 is 5.97 Å². The molecule has 0 amide bonds. The zero-order valence-electron chi connectivity index (χ0n) is 21.8. The van der Waals surface area contributed by atoms with E-state index in [1.807, 2.05) is 0 Å². The quantitative estimate of drug-likeness (QED) is 0.211. The van der Waals surface area contributed by atoms with Crippen LogP contribution in [0.4, 0.5) is 13.9 Å². The summed E-state index contributed by atoms with van der Waals surface area (Å²) in [6.45, 7) is -0.102. The van der Waals surface area contributed by atoms with Crippen molar-refractivity contribution in [3.8, 4) is 5.75 Å². The fourth-order valence-corrected chi connectivity index (χ4v) is 7.08. The van der Waals surface area contributed by atoms with Gasteiger partial charge in [-0.25, -0.2) is 18.6 Å². The largest absolute Gasteiger partial charge is 0.512 e. The van der Waals surface area contributed by atoms with Gasteiger partial charge in [-0.15, -0.1) is 0 Å². The molecule has 1 aromatic heterocycles. The van der Waals surface area contributed by atoms with E-state index in [0.717, 1.165) is 47.6 Å². The van der Waals surface area contributed by atoms with Crippen molar-refractivity contribution in [2.24, 2.45) is 5.92 Å². The number of halogens is 2. The van der Waals surface area contributed by atoms with Crippen molar-refractivity contribution in [3.63, 3.8) is 0 Å². The third-order valence-electron chi connectivity index (χ3n) is 8.08. The summed E-state index contributed by atoms with van der Waals surface area (Å²) < 4.78 is 41.3. The van der Waals surface area contributed by atoms with Crippen molar-refractivity contribution in [3.05, 3.63) is 64.4 Å². The SMILES string of the molecule is COc1cc(C(=O)O)cc2sc(N3C4CC[C@H]3CC(OC/C(C(=N)c3c(F)cccc3F)=C(/O)C3CC3)C4)nc12. The number of carboxylic acid groups (broad SMARTS) is 1. The number of nitrogens with one attached hydrogen (secondary N) is 1. The van der Waals surface area contributed by atoms with Gasteiger partial charge in [0.2, 0.25) is 0 Å². The van der Waals surface area contributed by atoms with Crippen molar-refractivity contribution in [2.75, 3.05) is 18.6 Å². The molecule has 1 aliphatic carbocycles. The van der Waals surface area contributed by atoms with Crippen molar-refractivity contribution in [1.82, 2.24) is 4.98 Å². The molecule has 6 rings (SSSR count). The maximum atomic E-state index is 14.5. The number of carboxylic acids is 1. The molecule has 40 heavy (non-hydrogen) atoms. The van der Waals surface area contributed by atoms with Gasteiger partial charge in [0, 0.05) is 23.6 Å². The van der Waals surface area contributed by atoms with E-state index in [-0.39, 0.29) is 53.3 Å². The second kappa shape index (κ2) is 10.4. The molecular weight excluding hydrogens is 540 g/mol. The standard InChI is InChI=1S/C29H29F2N3O5S/c1-38-22-9-15(28(36)37)10-23-26(22)33-29(40-23)34-16-7-8-17(34)12-18(11-16)39-13-19(27(35)14-5-6-14)25(32)24-20(30)3-2-4-21(24)31/h2-4,9-10,14,16-18,32,35H,5-8,11-13H2,1H3,(H,36,37)/b27-19-,32-25?/t16-,17?,18?/m0/s1. The van der Waals surface area contributed by atoms with Crippen LogP contribution in [0.25, 0.3) is 10.2 Å². The number of benzene rings is 2. The van der Waals surface area contributed by atoms with Crippen LogP contribution in [-0.2, 0) is 4.74 Å². The maximum Gasteiger partial charge on any atom is 0.335 e. The predicted molar refractivity (Wildman–Crippen MR) is 147 cm³/mol. The van der Waals surface area contributed by atoms with Crippen molar-refractivity contribution in [2.45, 2.75) is 56.7 Å². The number of hydrogen-bond acceptors (Lipinski definition) is 8. The summed E-state index contributed by atoms with van der Waals surface area (Å²) in [5, 5.41) is 29.6. The second-order valence-corrected chi connectivity index (χ2v) is 11.6. The molecule has 8 nitrogen and oxygen atoms in total. The van der Waals surface area contributed by atoms with E-state index < -0.39 is 23.2 Å². The van der Waals surface area contributed by atoms with Crippen LogP contribution in [-0.4, -0.2) is 58.8 Å². The maximum absolute atomic E-state index is 14.5.